The van der Waals surface area contributed by atoms with Crippen molar-refractivity contribution >= 4 is 35.1 Å². The van der Waals surface area contributed by atoms with Crippen LogP contribution in [0.5, 0.6) is 0 Å². The summed E-state index contributed by atoms with van der Waals surface area (Å²) >= 11 is 5.96. The molecule has 0 aliphatic carbocycles. The van der Waals surface area contributed by atoms with Gasteiger partial charge in [-0.3, -0.25) is 14.4 Å². The number of hydrogen-bond donors (Lipinski definition) is 1. The van der Waals surface area contributed by atoms with E-state index in [1.807, 2.05) is 37.3 Å². The van der Waals surface area contributed by atoms with Crippen molar-refractivity contribution in [3.05, 3.63) is 64.7 Å². The third-order valence-electron chi connectivity index (χ3n) is 4.88. The molecule has 2 atom stereocenters. The molecule has 0 unspecified atom stereocenters. The lowest BCUT2D eigenvalue weighted by atomic mass is 10.1. The fraction of sp³-hybridized carbons (Fsp3) is 0.318. The molecular weight excluding hydrogens is 392 g/mol. The smallest absolute Gasteiger partial charge is 0.312 e. The molecule has 3 rings (SSSR count). The highest BCUT2D eigenvalue weighted by Crippen LogP contribution is 2.23. The largest absolute Gasteiger partial charge is 0.452 e. The molecule has 7 heteroatoms. The molecule has 2 aromatic carbocycles. The van der Waals surface area contributed by atoms with Gasteiger partial charge in [-0.25, -0.2) is 0 Å². The van der Waals surface area contributed by atoms with E-state index in [1.165, 1.54) is 6.92 Å². The van der Waals surface area contributed by atoms with Crippen LogP contribution in [0.3, 0.4) is 0 Å². The first-order chi connectivity index (χ1) is 13.8. The van der Waals surface area contributed by atoms with E-state index in [2.05, 4.69) is 5.32 Å². The zero-order valence-corrected chi connectivity index (χ0v) is 17.1. The minimum absolute atomic E-state index is 0.0907. The quantitative estimate of drug-likeness (QED) is 0.733. The first-order valence-electron chi connectivity index (χ1n) is 9.42. The van der Waals surface area contributed by atoms with Gasteiger partial charge in [-0.05, 0) is 37.1 Å². The van der Waals surface area contributed by atoms with Crippen LogP contribution in [0, 0.1) is 12.8 Å². The summed E-state index contributed by atoms with van der Waals surface area (Å²) in [6.45, 7) is 4.08. The van der Waals surface area contributed by atoms with Crippen molar-refractivity contribution in [2.24, 2.45) is 5.92 Å². The molecule has 2 aromatic rings. The fourth-order valence-corrected chi connectivity index (χ4v) is 3.35. The fourth-order valence-electron chi connectivity index (χ4n) is 3.17. The number of halogens is 1. The number of ether oxygens (including phenoxy) is 1. The Kier molecular flexibility index (Phi) is 6.54. The van der Waals surface area contributed by atoms with Crippen molar-refractivity contribution in [2.45, 2.75) is 32.9 Å². The Morgan fingerprint density at radius 1 is 1.24 bits per heavy atom. The van der Waals surface area contributed by atoms with Crippen LogP contribution in [-0.4, -0.2) is 35.3 Å². The molecular formula is C22H23ClN2O4. The van der Waals surface area contributed by atoms with E-state index in [-0.39, 0.29) is 18.9 Å². The van der Waals surface area contributed by atoms with Crippen LogP contribution in [0.4, 0.5) is 5.69 Å². The Morgan fingerprint density at radius 3 is 2.69 bits per heavy atom. The van der Waals surface area contributed by atoms with E-state index in [4.69, 9.17) is 16.3 Å². The SMILES string of the molecule is Cc1ccc(Cl)cc1NC(=O)[C@@H](C)OC(=O)[C@H]1CC(=O)N(Cc2ccccc2)C1. The van der Waals surface area contributed by atoms with E-state index in [9.17, 15) is 14.4 Å². The molecule has 1 heterocycles. The number of anilines is 1. The summed E-state index contributed by atoms with van der Waals surface area (Å²) in [5.74, 6) is -1.66. The topological polar surface area (TPSA) is 75.7 Å². The van der Waals surface area contributed by atoms with Crippen LogP contribution in [0.1, 0.15) is 24.5 Å². The molecule has 1 aliphatic rings. The van der Waals surface area contributed by atoms with Crippen LogP contribution in [0.2, 0.25) is 5.02 Å². The second kappa shape index (κ2) is 9.09. The molecule has 1 fully saturated rings. The maximum absolute atomic E-state index is 12.5. The second-order valence-corrected chi connectivity index (χ2v) is 7.62. The Balaban J connectivity index is 1.54. The Labute approximate surface area is 174 Å². The Hall–Kier alpha value is -2.86. The van der Waals surface area contributed by atoms with Gasteiger partial charge < -0.3 is 15.0 Å². The van der Waals surface area contributed by atoms with Gasteiger partial charge in [-0.15, -0.1) is 0 Å². The van der Waals surface area contributed by atoms with Gasteiger partial charge in [0.1, 0.15) is 0 Å². The molecule has 0 aromatic heterocycles. The number of likely N-dealkylation sites (tertiary alicyclic amines) is 1. The minimum atomic E-state index is -0.987. The predicted octanol–water partition coefficient (Wildman–Crippen LogP) is 3.57. The lowest BCUT2D eigenvalue weighted by molar-refractivity contribution is -0.157. The normalized spacial score (nSPS) is 17.1. The van der Waals surface area contributed by atoms with Gasteiger partial charge >= 0.3 is 5.97 Å². The van der Waals surface area contributed by atoms with Crippen molar-refractivity contribution in [1.29, 1.82) is 0 Å². The standard InChI is InChI=1S/C22H23ClN2O4/c1-14-8-9-18(23)11-19(14)24-21(27)15(2)29-22(28)17-10-20(26)25(13-17)12-16-6-4-3-5-7-16/h3-9,11,15,17H,10,12-13H2,1-2H3,(H,24,27)/t15-,17+/m1/s1. The molecule has 1 aliphatic heterocycles. The number of rotatable bonds is 6. The highest BCUT2D eigenvalue weighted by molar-refractivity contribution is 6.31. The van der Waals surface area contributed by atoms with Crippen LogP contribution in [-0.2, 0) is 25.7 Å². The number of hydrogen-bond acceptors (Lipinski definition) is 4. The maximum Gasteiger partial charge on any atom is 0.312 e. The first kappa shape index (κ1) is 20.9. The number of carbonyl (C=O) groups is 3. The van der Waals surface area contributed by atoms with Crippen LogP contribution < -0.4 is 5.32 Å². The van der Waals surface area contributed by atoms with Crippen LogP contribution in [0.25, 0.3) is 0 Å². The summed E-state index contributed by atoms with van der Waals surface area (Å²) in [7, 11) is 0. The lowest BCUT2D eigenvalue weighted by Crippen LogP contribution is -2.33. The minimum Gasteiger partial charge on any atom is -0.452 e. The summed E-state index contributed by atoms with van der Waals surface area (Å²) in [5, 5.41) is 3.22. The van der Waals surface area contributed by atoms with Gasteiger partial charge in [0.2, 0.25) is 5.91 Å². The van der Waals surface area contributed by atoms with Crippen molar-refractivity contribution in [2.75, 3.05) is 11.9 Å². The third kappa shape index (κ3) is 5.35. The van der Waals surface area contributed by atoms with Gasteiger partial charge in [0.15, 0.2) is 6.10 Å². The van der Waals surface area contributed by atoms with Crippen molar-refractivity contribution in [3.63, 3.8) is 0 Å². The van der Waals surface area contributed by atoms with E-state index in [1.54, 1.807) is 23.1 Å². The van der Waals surface area contributed by atoms with Gasteiger partial charge in [0.25, 0.3) is 5.91 Å². The summed E-state index contributed by atoms with van der Waals surface area (Å²) in [4.78, 5) is 38.8. The highest BCUT2D eigenvalue weighted by Gasteiger charge is 2.36. The number of nitrogens with zero attached hydrogens (tertiary/aromatic N) is 1. The maximum atomic E-state index is 12.5. The molecule has 0 bridgehead atoms. The Morgan fingerprint density at radius 2 is 1.97 bits per heavy atom. The molecule has 0 saturated carbocycles. The van der Waals surface area contributed by atoms with Crippen LogP contribution >= 0.6 is 11.6 Å². The molecule has 0 radical (unpaired) electrons. The van der Waals surface area contributed by atoms with Crippen molar-refractivity contribution in [3.8, 4) is 0 Å². The highest BCUT2D eigenvalue weighted by atomic mass is 35.5. The molecule has 29 heavy (non-hydrogen) atoms. The van der Waals surface area contributed by atoms with Crippen molar-refractivity contribution < 1.29 is 19.1 Å². The van der Waals surface area contributed by atoms with E-state index in [0.717, 1.165) is 11.1 Å². The molecule has 6 nitrogen and oxygen atoms in total. The number of benzene rings is 2. The number of esters is 1. The van der Waals surface area contributed by atoms with Gasteiger partial charge in [-0.2, -0.15) is 0 Å². The van der Waals surface area contributed by atoms with E-state index >= 15 is 0 Å². The van der Waals surface area contributed by atoms with Crippen molar-refractivity contribution in [1.82, 2.24) is 4.90 Å². The Bertz CT molecular complexity index is 916. The monoisotopic (exact) mass is 414 g/mol. The number of carbonyl (C=O) groups excluding carboxylic acids is 3. The molecule has 1 N–H and O–H groups in total. The molecule has 0 spiro atoms. The third-order valence-corrected chi connectivity index (χ3v) is 5.12. The molecule has 2 amide bonds. The number of amides is 2. The average Bonchev–Trinajstić information content (AvgIpc) is 3.06. The number of aryl methyl sites for hydroxylation is 1. The summed E-state index contributed by atoms with van der Waals surface area (Å²) in [6.07, 6.45) is -0.896. The van der Waals surface area contributed by atoms with E-state index < -0.39 is 23.9 Å². The van der Waals surface area contributed by atoms with Gasteiger partial charge in [0, 0.05) is 30.2 Å². The van der Waals surface area contributed by atoms with Gasteiger partial charge in [-0.1, -0.05) is 48.0 Å². The van der Waals surface area contributed by atoms with Crippen LogP contribution in [0.15, 0.2) is 48.5 Å². The molecule has 1 saturated heterocycles. The second-order valence-electron chi connectivity index (χ2n) is 7.19. The number of nitrogens with one attached hydrogen (secondary N) is 1. The average molecular weight is 415 g/mol. The summed E-state index contributed by atoms with van der Waals surface area (Å²) in [5.41, 5.74) is 2.41. The van der Waals surface area contributed by atoms with E-state index in [0.29, 0.717) is 17.3 Å². The molecule has 152 valence electrons. The zero-order valence-electron chi connectivity index (χ0n) is 16.4. The zero-order chi connectivity index (χ0) is 21.0. The summed E-state index contributed by atoms with van der Waals surface area (Å²) in [6, 6.07) is 14.8. The summed E-state index contributed by atoms with van der Waals surface area (Å²) < 4.78 is 5.32. The first-order valence-corrected chi connectivity index (χ1v) is 9.80. The lowest BCUT2D eigenvalue weighted by Gasteiger charge is -2.18. The van der Waals surface area contributed by atoms with Gasteiger partial charge in [0.05, 0.1) is 5.92 Å². The predicted molar refractivity (Wildman–Crippen MR) is 110 cm³/mol.